The average molecular weight is 495 g/mol. The van der Waals surface area contributed by atoms with Crippen LogP contribution in [0, 0.1) is 11.6 Å². The Kier molecular flexibility index (Phi) is 6.58. The van der Waals surface area contributed by atoms with Gasteiger partial charge in [-0.2, -0.15) is 0 Å². The van der Waals surface area contributed by atoms with Crippen molar-refractivity contribution in [3.05, 3.63) is 71.2 Å². The summed E-state index contributed by atoms with van der Waals surface area (Å²) in [5, 5.41) is 12.2. The van der Waals surface area contributed by atoms with Crippen LogP contribution < -0.4 is 9.62 Å². The molecule has 174 valence electrons. The summed E-state index contributed by atoms with van der Waals surface area (Å²) < 4.78 is 53.8. The summed E-state index contributed by atoms with van der Waals surface area (Å²) in [6.45, 7) is 1.54. The lowest BCUT2D eigenvalue weighted by Gasteiger charge is -2.37. The zero-order valence-electron chi connectivity index (χ0n) is 17.2. The molecule has 1 fully saturated rings. The summed E-state index contributed by atoms with van der Waals surface area (Å²) in [6, 6.07) is 9.22. The Morgan fingerprint density at radius 3 is 2.36 bits per heavy atom. The molecule has 1 aromatic heterocycles. The number of nitrogens with one attached hydrogen (secondary N) is 1. The SMILES string of the molecule is O=C(C(O)c1ccc(F)c(F)c1)N1CCN(c2ccc(S(=O)(=O)Nc3nccs3)cc2)CC1. The molecule has 0 bridgehead atoms. The van der Waals surface area contributed by atoms with E-state index in [1.807, 2.05) is 4.90 Å². The molecule has 0 spiro atoms. The number of amides is 1. The minimum Gasteiger partial charge on any atom is -0.378 e. The van der Waals surface area contributed by atoms with Crippen LogP contribution in [-0.4, -0.2) is 55.5 Å². The number of rotatable bonds is 6. The van der Waals surface area contributed by atoms with E-state index in [0.29, 0.717) is 26.2 Å². The second kappa shape index (κ2) is 9.41. The number of aromatic nitrogens is 1. The van der Waals surface area contributed by atoms with E-state index in [2.05, 4.69) is 9.71 Å². The molecule has 3 aromatic rings. The lowest BCUT2D eigenvalue weighted by Crippen LogP contribution is -2.50. The highest BCUT2D eigenvalue weighted by Crippen LogP contribution is 2.24. The summed E-state index contributed by atoms with van der Waals surface area (Å²) in [5.74, 6) is -2.77. The number of benzene rings is 2. The van der Waals surface area contributed by atoms with Crippen molar-refractivity contribution < 1.29 is 27.1 Å². The Balaban J connectivity index is 1.36. The van der Waals surface area contributed by atoms with E-state index < -0.39 is 33.7 Å². The number of piperazine rings is 1. The van der Waals surface area contributed by atoms with Gasteiger partial charge in [-0.05, 0) is 42.0 Å². The lowest BCUT2D eigenvalue weighted by atomic mass is 10.1. The number of carbonyl (C=O) groups is 1. The number of aliphatic hydroxyl groups excluding tert-OH is 1. The first-order chi connectivity index (χ1) is 15.7. The average Bonchev–Trinajstić information content (AvgIpc) is 3.32. The third-order valence-electron chi connectivity index (χ3n) is 5.25. The van der Waals surface area contributed by atoms with Crippen molar-refractivity contribution in [2.45, 2.75) is 11.0 Å². The summed E-state index contributed by atoms with van der Waals surface area (Å²) >= 11 is 1.18. The van der Waals surface area contributed by atoms with Gasteiger partial charge < -0.3 is 14.9 Å². The van der Waals surface area contributed by atoms with Crippen LogP contribution in [0.25, 0.3) is 0 Å². The molecule has 1 unspecified atom stereocenters. The topological polar surface area (TPSA) is 103 Å². The standard InChI is InChI=1S/C21H20F2N4O4S2/c22-17-6-1-14(13-18(17)23)19(28)20(29)27-10-8-26(9-11-27)15-2-4-16(5-3-15)33(30,31)25-21-24-7-12-32-21/h1-7,12-13,19,28H,8-11H2,(H,24,25). The Hall–Kier alpha value is -3.09. The summed E-state index contributed by atoms with van der Waals surface area (Å²) in [7, 11) is -3.74. The predicted octanol–water partition coefficient (Wildman–Crippen LogP) is 2.60. The smallest absolute Gasteiger partial charge is 0.263 e. The van der Waals surface area contributed by atoms with Gasteiger partial charge in [-0.1, -0.05) is 6.07 Å². The van der Waals surface area contributed by atoms with Crippen LogP contribution in [-0.2, 0) is 14.8 Å². The molecule has 2 heterocycles. The number of nitrogens with zero attached hydrogens (tertiary/aromatic N) is 3. The third kappa shape index (κ3) is 5.13. The van der Waals surface area contributed by atoms with Gasteiger partial charge >= 0.3 is 0 Å². The van der Waals surface area contributed by atoms with E-state index in [4.69, 9.17) is 0 Å². The second-order valence-electron chi connectivity index (χ2n) is 7.33. The van der Waals surface area contributed by atoms with Crippen LogP contribution in [0.5, 0.6) is 0 Å². The van der Waals surface area contributed by atoms with E-state index >= 15 is 0 Å². The van der Waals surface area contributed by atoms with Gasteiger partial charge in [0.2, 0.25) is 0 Å². The molecular weight excluding hydrogens is 474 g/mol. The number of carbonyl (C=O) groups excluding carboxylic acids is 1. The van der Waals surface area contributed by atoms with Gasteiger partial charge in [0.25, 0.3) is 15.9 Å². The molecular formula is C21H20F2N4O4S2. The first-order valence-corrected chi connectivity index (χ1v) is 12.3. The van der Waals surface area contributed by atoms with Crippen molar-refractivity contribution in [3.8, 4) is 0 Å². The minimum atomic E-state index is -3.74. The monoisotopic (exact) mass is 494 g/mol. The molecule has 0 aliphatic carbocycles. The molecule has 1 saturated heterocycles. The fourth-order valence-electron chi connectivity index (χ4n) is 3.47. The maximum Gasteiger partial charge on any atom is 0.263 e. The maximum absolute atomic E-state index is 13.4. The number of aliphatic hydroxyl groups is 1. The largest absolute Gasteiger partial charge is 0.378 e. The number of anilines is 2. The molecule has 8 nitrogen and oxygen atoms in total. The maximum atomic E-state index is 13.4. The molecule has 0 saturated carbocycles. The van der Waals surface area contributed by atoms with Gasteiger partial charge in [0.15, 0.2) is 22.9 Å². The molecule has 2 N–H and O–H groups in total. The van der Waals surface area contributed by atoms with Crippen molar-refractivity contribution in [1.82, 2.24) is 9.88 Å². The zero-order valence-corrected chi connectivity index (χ0v) is 18.8. The first-order valence-electron chi connectivity index (χ1n) is 9.94. The fraction of sp³-hybridized carbons (Fsp3) is 0.238. The highest BCUT2D eigenvalue weighted by atomic mass is 32.2. The number of thiazole rings is 1. The zero-order chi connectivity index (χ0) is 23.6. The fourth-order valence-corrected chi connectivity index (χ4v) is 5.26. The van der Waals surface area contributed by atoms with Crippen molar-refractivity contribution >= 4 is 38.1 Å². The number of hydrogen-bond acceptors (Lipinski definition) is 7. The van der Waals surface area contributed by atoms with Crippen molar-refractivity contribution in [3.63, 3.8) is 0 Å². The van der Waals surface area contributed by atoms with Crippen molar-refractivity contribution in [2.75, 3.05) is 35.8 Å². The molecule has 12 heteroatoms. The van der Waals surface area contributed by atoms with Crippen LogP contribution in [0.15, 0.2) is 58.9 Å². The van der Waals surface area contributed by atoms with Gasteiger partial charge in [0.1, 0.15) is 0 Å². The van der Waals surface area contributed by atoms with Crippen molar-refractivity contribution in [1.29, 1.82) is 0 Å². The summed E-state index contributed by atoms with van der Waals surface area (Å²) in [6.07, 6.45) is -0.0751. The van der Waals surface area contributed by atoms with E-state index in [0.717, 1.165) is 17.8 Å². The van der Waals surface area contributed by atoms with Gasteiger partial charge in [-0.25, -0.2) is 22.2 Å². The molecule has 1 aliphatic rings. The van der Waals surface area contributed by atoms with Gasteiger partial charge in [-0.3, -0.25) is 9.52 Å². The first kappa shape index (κ1) is 23.1. The molecule has 2 aromatic carbocycles. The lowest BCUT2D eigenvalue weighted by molar-refractivity contribution is -0.140. The van der Waals surface area contributed by atoms with Crippen LogP contribution in [0.2, 0.25) is 0 Å². The molecule has 0 radical (unpaired) electrons. The third-order valence-corrected chi connectivity index (χ3v) is 7.42. The highest BCUT2D eigenvalue weighted by molar-refractivity contribution is 7.93. The Morgan fingerprint density at radius 2 is 1.76 bits per heavy atom. The van der Waals surface area contributed by atoms with Crippen LogP contribution in [0.3, 0.4) is 0 Å². The highest BCUT2D eigenvalue weighted by Gasteiger charge is 2.28. The minimum absolute atomic E-state index is 0.00974. The molecule has 33 heavy (non-hydrogen) atoms. The van der Waals surface area contributed by atoms with Gasteiger partial charge in [-0.15, -0.1) is 11.3 Å². The second-order valence-corrected chi connectivity index (χ2v) is 9.90. The number of hydrogen-bond donors (Lipinski definition) is 2. The van der Waals surface area contributed by atoms with Crippen LogP contribution >= 0.6 is 11.3 Å². The Bertz CT molecular complexity index is 1230. The van der Waals surface area contributed by atoms with Gasteiger partial charge in [0, 0.05) is 43.4 Å². The number of halogens is 2. The van der Waals surface area contributed by atoms with Crippen molar-refractivity contribution in [2.24, 2.45) is 0 Å². The van der Waals surface area contributed by atoms with Gasteiger partial charge in [0.05, 0.1) is 4.90 Å². The normalized spacial score (nSPS) is 15.4. The molecule has 1 aliphatic heterocycles. The predicted molar refractivity (Wildman–Crippen MR) is 119 cm³/mol. The van der Waals surface area contributed by atoms with E-state index in [9.17, 15) is 27.1 Å². The van der Waals surface area contributed by atoms with E-state index in [-0.39, 0.29) is 15.6 Å². The summed E-state index contributed by atoms with van der Waals surface area (Å²) in [5.41, 5.74) is 0.779. The Morgan fingerprint density at radius 1 is 1.06 bits per heavy atom. The molecule has 4 rings (SSSR count). The summed E-state index contributed by atoms with van der Waals surface area (Å²) in [4.78, 5) is 20.0. The number of sulfonamides is 1. The molecule has 1 atom stereocenters. The Labute approximate surface area is 193 Å². The van der Waals surface area contributed by atoms with Crippen LogP contribution in [0.4, 0.5) is 19.6 Å². The molecule has 1 amide bonds. The van der Waals surface area contributed by atoms with Crippen LogP contribution in [0.1, 0.15) is 11.7 Å². The quantitative estimate of drug-likeness (QED) is 0.546. The van der Waals surface area contributed by atoms with E-state index in [1.165, 1.54) is 40.6 Å². The van der Waals surface area contributed by atoms with E-state index in [1.54, 1.807) is 17.5 Å².